The predicted molar refractivity (Wildman–Crippen MR) is 96.0 cm³/mol. The lowest BCUT2D eigenvalue weighted by Gasteiger charge is -2.09. The lowest BCUT2D eigenvalue weighted by molar-refractivity contribution is -0.120. The summed E-state index contributed by atoms with van der Waals surface area (Å²) in [6, 6.07) is 13.6. The Bertz CT molecular complexity index is 808. The van der Waals surface area contributed by atoms with E-state index in [1.165, 1.54) is 17.3 Å². The Hall–Kier alpha value is -2.67. The molecule has 6 nitrogen and oxygen atoms in total. The van der Waals surface area contributed by atoms with E-state index >= 15 is 0 Å². The number of aromatic nitrogens is 3. The minimum Gasteiger partial charge on any atom is -0.411 e. The van der Waals surface area contributed by atoms with Crippen LogP contribution < -0.4 is 5.32 Å². The molecule has 128 valence electrons. The van der Waals surface area contributed by atoms with Gasteiger partial charge in [0.25, 0.3) is 5.22 Å². The van der Waals surface area contributed by atoms with Gasteiger partial charge in [-0.05, 0) is 31.0 Å². The van der Waals surface area contributed by atoms with Crippen LogP contribution in [0.15, 0.2) is 64.5 Å². The van der Waals surface area contributed by atoms with Gasteiger partial charge in [-0.1, -0.05) is 42.1 Å². The van der Waals surface area contributed by atoms with E-state index in [0.29, 0.717) is 17.7 Å². The summed E-state index contributed by atoms with van der Waals surface area (Å²) in [7, 11) is 0. The fraction of sp³-hybridized carbons (Fsp3) is 0.222. The summed E-state index contributed by atoms with van der Waals surface area (Å²) in [5.41, 5.74) is 2.00. The molecule has 1 N–H and O–H groups in total. The normalized spacial score (nSPS) is 11.9. The van der Waals surface area contributed by atoms with Crippen molar-refractivity contribution in [2.45, 2.75) is 23.8 Å². The summed E-state index contributed by atoms with van der Waals surface area (Å²) in [6.07, 6.45) is 4.13. The fourth-order valence-electron chi connectivity index (χ4n) is 2.19. The van der Waals surface area contributed by atoms with E-state index in [1.54, 1.807) is 24.5 Å². The topological polar surface area (TPSA) is 80.9 Å². The van der Waals surface area contributed by atoms with Crippen LogP contribution in [-0.2, 0) is 11.2 Å². The van der Waals surface area contributed by atoms with Crippen LogP contribution in [0.5, 0.6) is 0 Å². The largest absolute Gasteiger partial charge is 0.411 e. The summed E-state index contributed by atoms with van der Waals surface area (Å²) in [6.45, 7) is 2.42. The van der Waals surface area contributed by atoms with Crippen LogP contribution in [-0.4, -0.2) is 32.9 Å². The van der Waals surface area contributed by atoms with Crippen molar-refractivity contribution in [3.63, 3.8) is 0 Å². The molecule has 1 amide bonds. The van der Waals surface area contributed by atoms with Crippen molar-refractivity contribution in [1.82, 2.24) is 20.5 Å². The van der Waals surface area contributed by atoms with Crippen LogP contribution in [0.4, 0.5) is 0 Å². The van der Waals surface area contributed by atoms with E-state index in [-0.39, 0.29) is 11.2 Å². The molecule has 0 bridgehead atoms. The maximum Gasteiger partial charge on any atom is 0.277 e. The third-order valence-electron chi connectivity index (χ3n) is 3.54. The number of hydrogen-bond donors (Lipinski definition) is 1. The van der Waals surface area contributed by atoms with Gasteiger partial charge in [0.2, 0.25) is 11.8 Å². The van der Waals surface area contributed by atoms with Gasteiger partial charge in [0.05, 0.1) is 5.25 Å². The van der Waals surface area contributed by atoms with Gasteiger partial charge in [-0.25, -0.2) is 0 Å². The third kappa shape index (κ3) is 4.90. The average molecular weight is 354 g/mol. The van der Waals surface area contributed by atoms with E-state index in [2.05, 4.69) is 20.5 Å². The van der Waals surface area contributed by atoms with Crippen molar-refractivity contribution in [3.05, 3.63) is 60.4 Å². The molecule has 0 unspecified atom stereocenters. The Morgan fingerprint density at radius 2 is 1.92 bits per heavy atom. The summed E-state index contributed by atoms with van der Waals surface area (Å²) in [5, 5.41) is 11.0. The second-order valence-corrected chi connectivity index (χ2v) is 6.69. The zero-order chi connectivity index (χ0) is 17.5. The van der Waals surface area contributed by atoms with Gasteiger partial charge in [0, 0.05) is 24.5 Å². The van der Waals surface area contributed by atoms with Gasteiger partial charge in [0.15, 0.2) is 0 Å². The standard InChI is InChI=1S/C18H18N4O2S/c1-13(16(23)20-12-7-14-5-3-2-4-6-14)25-18-22-21-17(24-18)15-8-10-19-11-9-15/h2-6,8-11,13H,7,12H2,1H3,(H,20,23)/t13-/m1/s1. The molecule has 0 fully saturated rings. The van der Waals surface area contributed by atoms with Crippen LogP contribution >= 0.6 is 11.8 Å². The molecule has 1 atom stereocenters. The first kappa shape index (κ1) is 17.2. The van der Waals surface area contributed by atoms with Gasteiger partial charge in [-0.15, -0.1) is 10.2 Å². The second-order valence-electron chi connectivity index (χ2n) is 5.40. The lowest BCUT2D eigenvalue weighted by Crippen LogP contribution is -2.32. The number of benzene rings is 1. The molecule has 2 aromatic heterocycles. The number of nitrogens with zero attached hydrogens (tertiary/aromatic N) is 3. The van der Waals surface area contributed by atoms with Gasteiger partial charge >= 0.3 is 0 Å². The first-order valence-electron chi connectivity index (χ1n) is 7.94. The van der Waals surface area contributed by atoms with Crippen LogP contribution in [0.2, 0.25) is 0 Å². The molecular weight excluding hydrogens is 336 g/mol. The highest BCUT2D eigenvalue weighted by Gasteiger charge is 2.18. The Morgan fingerprint density at radius 3 is 2.68 bits per heavy atom. The molecule has 3 rings (SSSR count). The van der Waals surface area contributed by atoms with Crippen molar-refractivity contribution in [1.29, 1.82) is 0 Å². The highest BCUT2D eigenvalue weighted by Crippen LogP contribution is 2.25. The Kier molecular flexibility index (Phi) is 5.79. The van der Waals surface area contributed by atoms with Gasteiger partial charge in [0.1, 0.15) is 0 Å². The third-order valence-corrected chi connectivity index (χ3v) is 4.47. The maximum absolute atomic E-state index is 12.2. The maximum atomic E-state index is 12.2. The van der Waals surface area contributed by atoms with E-state index in [1.807, 2.05) is 37.3 Å². The Balaban J connectivity index is 1.49. The molecule has 7 heteroatoms. The number of hydrogen-bond acceptors (Lipinski definition) is 6. The van der Waals surface area contributed by atoms with E-state index < -0.39 is 0 Å². The molecule has 0 spiro atoms. The Morgan fingerprint density at radius 1 is 1.16 bits per heavy atom. The number of thioether (sulfide) groups is 1. The monoisotopic (exact) mass is 354 g/mol. The molecule has 0 saturated carbocycles. The molecule has 0 aliphatic heterocycles. The summed E-state index contributed by atoms with van der Waals surface area (Å²) < 4.78 is 5.60. The van der Waals surface area contributed by atoms with Gasteiger partial charge in [-0.2, -0.15) is 0 Å². The van der Waals surface area contributed by atoms with Crippen LogP contribution in [0.1, 0.15) is 12.5 Å². The van der Waals surface area contributed by atoms with Crippen LogP contribution in [0.25, 0.3) is 11.5 Å². The molecule has 2 heterocycles. The minimum atomic E-state index is -0.318. The summed E-state index contributed by atoms with van der Waals surface area (Å²) in [4.78, 5) is 16.1. The second kappa shape index (κ2) is 8.43. The van der Waals surface area contributed by atoms with Crippen molar-refractivity contribution in [2.24, 2.45) is 0 Å². The molecule has 0 aliphatic rings. The minimum absolute atomic E-state index is 0.0513. The van der Waals surface area contributed by atoms with E-state index in [9.17, 15) is 4.79 Å². The van der Waals surface area contributed by atoms with Crippen molar-refractivity contribution in [3.8, 4) is 11.5 Å². The molecule has 1 aromatic carbocycles. The Labute approximate surface area is 150 Å². The van der Waals surface area contributed by atoms with Crippen molar-refractivity contribution < 1.29 is 9.21 Å². The molecule has 0 aliphatic carbocycles. The smallest absolute Gasteiger partial charge is 0.277 e. The fourth-order valence-corrected chi connectivity index (χ4v) is 2.90. The molecular formula is C18H18N4O2S. The zero-order valence-electron chi connectivity index (χ0n) is 13.8. The molecule has 3 aromatic rings. The summed E-state index contributed by atoms with van der Waals surface area (Å²) >= 11 is 1.25. The number of carbonyl (C=O) groups excluding carboxylic acids is 1. The van der Waals surface area contributed by atoms with Crippen LogP contribution in [0.3, 0.4) is 0 Å². The zero-order valence-corrected chi connectivity index (χ0v) is 14.6. The van der Waals surface area contributed by atoms with Gasteiger partial charge in [-0.3, -0.25) is 9.78 Å². The van der Waals surface area contributed by atoms with Crippen molar-refractivity contribution in [2.75, 3.05) is 6.54 Å². The first-order chi connectivity index (χ1) is 12.2. The number of nitrogens with one attached hydrogen (secondary N) is 1. The van der Waals surface area contributed by atoms with Gasteiger partial charge < -0.3 is 9.73 Å². The SMILES string of the molecule is C[C@@H](Sc1nnc(-c2ccncc2)o1)C(=O)NCCc1ccccc1. The van der Waals surface area contributed by atoms with E-state index in [4.69, 9.17) is 4.42 Å². The quantitative estimate of drug-likeness (QED) is 0.657. The summed E-state index contributed by atoms with van der Waals surface area (Å²) in [5.74, 6) is 0.367. The number of rotatable bonds is 7. The number of carbonyl (C=O) groups is 1. The molecule has 0 saturated heterocycles. The number of amides is 1. The highest BCUT2D eigenvalue weighted by atomic mass is 32.2. The lowest BCUT2D eigenvalue weighted by atomic mass is 10.1. The van der Waals surface area contributed by atoms with Crippen LogP contribution in [0, 0.1) is 0 Å². The highest BCUT2D eigenvalue weighted by molar-refractivity contribution is 8.00. The molecule has 0 radical (unpaired) electrons. The average Bonchev–Trinajstić information content (AvgIpc) is 3.12. The van der Waals surface area contributed by atoms with Crippen molar-refractivity contribution >= 4 is 17.7 Å². The predicted octanol–water partition coefficient (Wildman–Crippen LogP) is 2.97. The molecule has 25 heavy (non-hydrogen) atoms. The first-order valence-corrected chi connectivity index (χ1v) is 8.82. The number of pyridine rings is 1. The van der Waals surface area contributed by atoms with E-state index in [0.717, 1.165) is 12.0 Å².